The van der Waals surface area contributed by atoms with Crippen molar-refractivity contribution in [2.24, 2.45) is 0 Å². The number of unbranched alkanes of at least 4 members (excludes halogenated alkanes) is 2. The molecule has 1 aromatic rings. The molecule has 0 saturated carbocycles. The van der Waals surface area contributed by atoms with Gasteiger partial charge in [0, 0.05) is 6.61 Å². The van der Waals surface area contributed by atoms with Crippen molar-refractivity contribution in [3.05, 3.63) is 35.9 Å². The summed E-state index contributed by atoms with van der Waals surface area (Å²) in [5.74, 6) is 0. The van der Waals surface area contributed by atoms with Crippen LogP contribution in [0.25, 0.3) is 0 Å². The van der Waals surface area contributed by atoms with Crippen molar-refractivity contribution in [1.82, 2.24) is 0 Å². The minimum Gasteiger partial charge on any atom is -0.396 e. The Bertz CT molecular complexity index is 299. The summed E-state index contributed by atoms with van der Waals surface area (Å²) in [6.07, 6.45) is 4.58. The van der Waals surface area contributed by atoms with Gasteiger partial charge in [-0.1, -0.05) is 50.1 Å². The summed E-state index contributed by atoms with van der Waals surface area (Å²) in [5, 5.41) is 8.88. The average Bonchev–Trinajstić information content (AvgIpc) is 2.38. The highest BCUT2D eigenvalue weighted by Gasteiger charge is 2.30. The van der Waals surface area contributed by atoms with Gasteiger partial charge in [0.1, 0.15) is 5.67 Å². The molecule has 17 heavy (non-hydrogen) atoms. The van der Waals surface area contributed by atoms with Gasteiger partial charge in [0.15, 0.2) is 0 Å². The third-order valence-electron chi connectivity index (χ3n) is 3.20. The summed E-state index contributed by atoms with van der Waals surface area (Å²) in [4.78, 5) is 0. The molecule has 0 aromatic heterocycles. The van der Waals surface area contributed by atoms with Crippen LogP contribution in [0.15, 0.2) is 30.3 Å². The fraction of sp³-hybridized carbons (Fsp3) is 0.600. The molecule has 1 aromatic carbocycles. The molecule has 0 saturated heterocycles. The molecular weight excluding hydrogens is 215 g/mol. The predicted octanol–water partition coefficient (Wildman–Crippen LogP) is 4.20. The molecule has 1 atom stereocenters. The number of aliphatic hydroxyl groups is 1. The van der Waals surface area contributed by atoms with Crippen LogP contribution in [0, 0.1) is 0 Å². The summed E-state index contributed by atoms with van der Waals surface area (Å²) in [6.45, 7) is 2.18. The molecule has 0 radical (unpaired) electrons. The van der Waals surface area contributed by atoms with Gasteiger partial charge in [0.2, 0.25) is 0 Å². The highest BCUT2D eigenvalue weighted by atomic mass is 19.1. The third kappa shape index (κ3) is 4.47. The number of rotatable bonds is 8. The van der Waals surface area contributed by atoms with Crippen molar-refractivity contribution < 1.29 is 9.50 Å². The Kier molecular flexibility index (Phi) is 6.20. The summed E-state index contributed by atoms with van der Waals surface area (Å²) in [7, 11) is 0. The largest absolute Gasteiger partial charge is 0.396 e. The summed E-state index contributed by atoms with van der Waals surface area (Å²) < 4.78 is 14.9. The van der Waals surface area contributed by atoms with Crippen LogP contribution in [0.4, 0.5) is 4.39 Å². The molecule has 2 heteroatoms. The first-order valence-corrected chi connectivity index (χ1v) is 6.58. The number of hydrogen-bond donors (Lipinski definition) is 1. The summed E-state index contributed by atoms with van der Waals surface area (Å²) in [5.41, 5.74) is -0.511. The van der Waals surface area contributed by atoms with Crippen LogP contribution in [-0.4, -0.2) is 11.7 Å². The van der Waals surface area contributed by atoms with Crippen molar-refractivity contribution in [2.75, 3.05) is 6.61 Å². The zero-order valence-electron chi connectivity index (χ0n) is 10.7. The van der Waals surface area contributed by atoms with Gasteiger partial charge in [-0.25, -0.2) is 4.39 Å². The Morgan fingerprint density at radius 2 is 1.71 bits per heavy atom. The number of aliphatic hydroxyl groups excluding tert-OH is 1. The molecule has 1 rings (SSSR count). The first-order chi connectivity index (χ1) is 8.23. The highest BCUT2D eigenvalue weighted by Crippen LogP contribution is 2.36. The van der Waals surface area contributed by atoms with Crippen molar-refractivity contribution in [3.8, 4) is 0 Å². The molecule has 0 aliphatic heterocycles. The van der Waals surface area contributed by atoms with E-state index in [0.29, 0.717) is 19.3 Å². The highest BCUT2D eigenvalue weighted by molar-refractivity contribution is 5.22. The summed E-state index contributed by atoms with van der Waals surface area (Å²) >= 11 is 0. The molecule has 0 amide bonds. The van der Waals surface area contributed by atoms with E-state index in [-0.39, 0.29) is 6.61 Å². The lowest BCUT2D eigenvalue weighted by Crippen LogP contribution is -2.20. The number of benzene rings is 1. The van der Waals surface area contributed by atoms with Crippen LogP contribution < -0.4 is 0 Å². The fourth-order valence-corrected chi connectivity index (χ4v) is 2.16. The van der Waals surface area contributed by atoms with Crippen molar-refractivity contribution in [2.45, 2.75) is 51.1 Å². The lowest BCUT2D eigenvalue weighted by atomic mass is 9.86. The predicted molar refractivity (Wildman–Crippen MR) is 69.7 cm³/mol. The van der Waals surface area contributed by atoms with Gasteiger partial charge in [-0.3, -0.25) is 0 Å². The van der Waals surface area contributed by atoms with Gasteiger partial charge in [0.05, 0.1) is 0 Å². The molecule has 0 bridgehead atoms. The van der Waals surface area contributed by atoms with E-state index in [0.717, 1.165) is 24.8 Å². The van der Waals surface area contributed by atoms with Gasteiger partial charge in [-0.15, -0.1) is 0 Å². The molecule has 0 heterocycles. The van der Waals surface area contributed by atoms with Gasteiger partial charge in [-0.2, -0.15) is 0 Å². The SMILES string of the molecule is CCCCC[C@@](F)(CCCO)c1ccccc1. The number of halogens is 1. The second-order valence-corrected chi connectivity index (χ2v) is 4.62. The van der Waals surface area contributed by atoms with Crippen molar-refractivity contribution in [1.29, 1.82) is 0 Å². The minimum absolute atomic E-state index is 0.0618. The fourth-order valence-electron chi connectivity index (χ4n) is 2.16. The number of hydrogen-bond acceptors (Lipinski definition) is 1. The average molecular weight is 238 g/mol. The minimum atomic E-state index is -1.26. The maximum Gasteiger partial charge on any atom is 0.136 e. The molecular formula is C15H23FO. The normalized spacial score (nSPS) is 14.5. The second-order valence-electron chi connectivity index (χ2n) is 4.62. The zero-order chi connectivity index (χ0) is 12.6. The quantitative estimate of drug-likeness (QED) is 0.673. The Hall–Kier alpha value is -0.890. The molecule has 0 aliphatic carbocycles. The van der Waals surface area contributed by atoms with Gasteiger partial charge in [0.25, 0.3) is 0 Å². The monoisotopic (exact) mass is 238 g/mol. The van der Waals surface area contributed by atoms with Crippen molar-refractivity contribution >= 4 is 0 Å². The van der Waals surface area contributed by atoms with E-state index in [2.05, 4.69) is 6.92 Å². The smallest absolute Gasteiger partial charge is 0.136 e. The first kappa shape index (κ1) is 14.2. The lowest BCUT2D eigenvalue weighted by Gasteiger charge is -2.26. The van der Waals surface area contributed by atoms with E-state index in [4.69, 9.17) is 5.11 Å². The zero-order valence-corrected chi connectivity index (χ0v) is 10.7. The van der Waals surface area contributed by atoms with Gasteiger partial charge >= 0.3 is 0 Å². The van der Waals surface area contributed by atoms with Crippen molar-refractivity contribution in [3.63, 3.8) is 0 Å². The van der Waals surface area contributed by atoms with Crippen LogP contribution in [0.1, 0.15) is 51.0 Å². The van der Waals surface area contributed by atoms with Gasteiger partial charge in [-0.05, 0) is 31.2 Å². The van der Waals surface area contributed by atoms with Crippen LogP contribution >= 0.6 is 0 Å². The van der Waals surface area contributed by atoms with E-state index >= 15 is 0 Å². The molecule has 0 unspecified atom stereocenters. The second kappa shape index (κ2) is 7.44. The maximum atomic E-state index is 14.9. The van der Waals surface area contributed by atoms with Crippen LogP contribution in [0.2, 0.25) is 0 Å². The molecule has 1 nitrogen and oxygen atoms in total. The van der Waals surface area contributed by atoms with Crippen LogP contribution in [0.5, 0.6) is 0 Å². The van der Waals surface area contributed by atoms with E-state index in [1.807, 2.05) is 30.3 Å². The standard InChI is InChI=1S/C15H23FO/c1-2-3-7-11-15(16,12-8-13-17)14-9-5-4-6-10-14/h4-6,9-10,17H,2-3,7-8,11-13H2,1H3/t15-/m1/s1. The van der Waals surface area contributed by atoms with E-state index < -0.39 is 5.67 Å². The molecule has 0 aliphatic rings. The molecule has 96 valence electrons. The topological polar surface area (TPSA) is 20.2 Å². The Morgan fingerprint density at radius 3 is 2.29 bits per heavy atom. The first-order valence-electron chi connectivity index (χ1n) is 6.58. The summed E-state index contributed by atoms with van der Waals surface area (Å²) in [6, 6.07) is 9.36. The lowest BCUT2D eigenvalue weighted by molar-refractivity contribution is 0.117. The molecule has 0 fully saturated rings. The van der Waals surface area contributed by atoms with E-state index in [1.54, 1.807) is 0 Å². The van der Waals surface area contributed by atoms with E-state index in [1.165, 1.54) is 0 Å². The van der Waals surface area contributed by atoms with Crippen LogP contribution in [-0.2, 0) is 5.67 Å². The molecule has 1 N–H and O–H groups in total. The van der Waals surface area contributed by atoms with E-state index in [9.17, 15) is 4.39 Å². The van der Waals surface area contributed by atoms with Gasteiger partial charge < -0.3 is 5.11 Å². The molecule has 0 spiro atoms. The maximum absolute atomic E-state index is 14.9. The Morgan fingerprint density at radius 1 is 1.06 bits per heavy atom. The Balaban J connectivity index is 2.70. The third-order valence-corrected chi connectivity index (χ3v) is 3.20. The number of alkyl halides is 1. The Labute approximate surface area is 104 Å². The van der Waals surface area contributed by atoms with Crippen LogP contribution in [0.3, 0.4) is 0 Å².